The van der Waals surface area contributed by atoms with Crippen LogP contribution >= 0.6 is 0 Å². The van der Waals surface area contributed by atoms with Crippen molar-refractivity contribution in [1.82, 2.24) is 15.5 Å². The number of anilines is 1. The van der Waals surface area contributed by atoms with Gasteiger partial charge in [0.15, 0.2) is 0 Å². The molecule has 2 heterocycles. The fourth-order valence-corrected chi connectivity index (χ4v) is 4.67. The lowest BCUT2D eigenvalue weighted by atomic mass is 10.0. The predicted octanol–water partition coefficient (Wildman–Crippen LogP) is -0.406. The Balaban J connectivity index is 1.24. The number of imide groups is 2. The molecule has 38 heavy (non-hydrogen) atoms. The zero-order valence-corrected chi connectivity index (χ0v) is 20.9. The van der Waals surface area contributed by atoms with Crippen LogP contribution < -0.4 is 21.1 Å². The topological polar surface area (TPSA) is 194 Å². The third kappa shape index (κ3) is 5.72. The Bertz CT molecular complexity index is 1410. The third-order valence-electron chi connectivity index (χ3n) is 6.01. The van der Waals surface area contributed by atoms with E-state index in [0.717, 1.165) is 4.90 Å². The molecule has 1 atom stereocenters. The van der Waals surface area contributed by atoms with Crippen LogP contribution in [-0.4, -0.2) is 75.2 Å². The van der Waals surface area contributed by atoms with Crippen molar-refractivity contribution >= 4 is 45.2 Å². The van der Waals surface area contributed by atoms with E-state index in [1.54, 1.807) is 12.1 Å². The molecular weight excluding hydrogens is 518 g/mol. The quantitative estimate of drug-likeness (QED) is 0.228. The van der Waals surface area contributed by atoms with E-state index >= 15 is 0 Å². The number of sulfonamides is 1. The number of carbonyl (C=O) groups excluding carboxylic acids is 5. The van der Waals surface area contributed by atoms with Gasteiger partial charge in [0.05, 0.1) is 29.2 Å². The van der Waals surface area contributed by atoms with Crippen molar-refractivity contribution < 1.29 is 37.1 Å². The zero-order valence-electron chi connectivity index (χ0n) is 20.1. The fourth-order valence-electron chi connectivity index (χ4n) is 4.16. The Hall–Kier alpha value is -4.14. The summed E-state index contributed by atoms with van der Waals surface area (Å²) in [6.45, 7) is 0.904. The van der Waals surface area contributed by atoms with Crippen LogP contribution in [-0.2, 0) is 24.3 Å². The van der Waals surface area contributed by atoms with Gasteiger partial charge in [0, 0.05) is 30.8 Å². The van der Waals surface area contributed by atoms with Crippen molar-refractivity contribution in [3.8, 4) is 0 Å². The summed E-state index contributed by atoms with van der Waals surface area (Å²) in [6.07, 6.45) is 0.113. The highest BCUT2D eigenvalue weighted by Gasteiger charge is 2.45. The van der Waals surface area contributed by atoms with Crippen LogP contribution in [0.2, 0.25) is 0 Å². The Morgan fingerprint density at radius 3 is 2.42 bits per heavy atom. The summed E-state index contributed by atoms with van der Waals surface area (Å²) in [5, 5.41) is 12.9. The van der Waals surface area contributed by atoms with Crippen LogP contribution in [0.5, 0.6) is 0 Å². The maximum Gasteiger partial charge on any atom is 0.264 e. The van der Waals surface area contributed by atoms with Crippen LogP contribution in [0.25, 0.3) is 0 Å². The summed E-state index contributed by atoms with van der Waals surface area (Å²) >= 11 is 0. The molecule has 200 valence electrons. The van der Waals surface area contributed by atoms with Crippen molar-refractivity contribution in [2.45, 2.75) is 23.8 Å². The molecule has 5 amide bonds. The van der Waals surface area contributed by atoms with E-state index in [0.29, 0.717) is 12.2 Å². The molecule has 2 aromatic carbocycles. The van der Waals surface area contributed by atoms with Crippen molar-refractivity contribution in [1.29, 1.82) is 0 Å². The van der Waals surface area contributed by atoms with Crippen LogP contribution in [0.1, 0.15) is 43.9 Å². The number of hydrogen-bond donors (Lipinski definition) is 4. The number of amides is 5. The molecular formula is C24H25N5O8S. The van der Waals surface area contributed by atoms with E-state index in [1.807, 2.05) is 0 Å². The van der Waals surface area contributed by atoms with Crippen LogP contribution in [0.15, 0.2) is 47.4 Å². The molecule has 0 radical (unpaired) electrons. The highest BCUT2D eigenvalue weighted by Crippen LogP contribution is 2.32. The Kier molecular flexibility index (Phi) is 7.85. The number of nitrogens with two attached hydrogens (primary N) is 1. The van der Waals surface area contributed by atoms with Gasteiger partial charge in [-0.05, 0) is 42.8 Å². The molecule has 0 saturated carbocycles. The molecule has 0 aromatic heterocycles. The van der Waals surface area contributed by atoms with E-state index in [9.17, 15) is 32.4 Å². The predicted molar refractivity (Wildman–Crippen MR) is 133 cm³/mol. The first-order valence-corrected chi connectivity index (χ1v) is 13.2. The fraction of sp³-hybridized carbons (Fsp3) is 0.292. The molecule has 1 unspecified atom stereocenters. The summed E-state index contributed by atoms with van der Waals surface area (Å²) in [6, 6.07) is 8.92. The smallest absolute Gasteiger partial charge is 0.264 e. The second-order valence-electron chi connectivity index (χ2n) is 8.54. The SMILES string of the molecule is NS(=O)(=O)c1ccc(C(=O)NCCOCCNc2cccc3c2C(=O)N(C2CCC(=O)NC2=O)C3=O)cc1. The summed E-state index contributed by atoms with van der Waals surface area (Å²) in [5.41, 5.74) is 1.01. The van der Waals surface area contributed by atoms with E-state index < -0.39 is 45.6 Å². The average molecular weight is 544 g/mol. The van der Waals surface area contributed by atoms with E-state index in [2.05, 4.69) is 16.0 Å². The normalized spacial score (nSPS) is 17.3. The van der Waals surface area contributed by atoms with Crippen molar-refractivity contribution in [3.05, 3.63) is 59.2 Å². The van der Waals surface area contributed by atoms with E-state index in [4.69, 9.17) is 9.88 Å². The molecule has 2 aromatic rings. The molecule has 0 bridgehead atoms. The minimum absolute atomic E-state index is 0.0393. The lowest BCUT2D eigenvalue weighted by molar-refractivity contribution is -0.136. The molecule has 14 heteroatoms. The van der Waals surface area contributed by atoms with Crippen LogP contribution in [0, 0.1) is 0 Å². The van der Waals surface area contributed by atoms with Crippen molar-refractivity contribution in [2.24, 2.45) is 5.14 Å². The van der Waals surface area contributed by atoms with Gasteiger partial charge < -0.3 is 15.4 Å². The van der Waals surface area contributed by atoms with Crippen LogP contribution in [0.3, 0.4) is 0 Å². The number of benzene rings is 2. The van der Waals surface area contributed by atoms with Gasteiger partial charge in [-0.3, -0.25) is 34.2 Å². The van der Waals surface area contributed by atoms with E-state index in [1.165, 1.54) is 30.3 Å². The van der Waals surface area contributed by atoms with Gasteiger partial charge >= 0.3 is 0 Å². The van der Waals surface area contributed by atoms with Gasteiger partial charge in [-0.15, -0.1) is 0 Å². The monoisotopic (exact) mass is 543 g/mol. The highest BCUT2D eigenvalue weighted by molar-refractivity contribution is 7.89. The average Bonchev–Trinajstić information content (AvgIpc) is 3.13. The summed E-state index contributed by atoms with van der Waals surface area (Å²) < 4.78 is 28.1. The lowest BCUT2D eigenvalue weighted by Gasteiger charge is -2.27. The largest absolute Gasteiger partial charge is 0.382 e. The molecule has 0 spiro atoms. The summed E-state index contributed by atoms with van der Waals surface area (Å²) in [4.78, 5) is 62.6. The molecule has 1 fully saturated rings. The van der Waals surface area contributed by atoms with Gasteiger partial charge in [0.2, 0.25) is 21.8 Å². The Labute approximate surface area is 217 Å². The molecule has 0 aliphatic carbocycles. The Morgan fingerprint density at radius 2 is 1.74 bits per heavy atom. The Morgan fingerprint density at radius 1 is 1.03 bits per heavy atom. The summed E-state index contributed by atoms with van der Waals surface area (Å²) in [5.74, 6) is -2.72. The number of piperidine rings is 1. The summed E-state index contributed by atoms with van der Waals surface area (Å²) in [7, 11) is -3.84. The molecule has 1 saturated heterocycles. The van der Waals surface area contributed by atoms with Gasteiger partial charge in [0.1, 0.15) is 6.04 Å². The number of hydrogen-bond acceptors (Lipinski definition) is 9. The van der Waals surface area contributed by atoms with Gasteiger partial charge in [-0.2, -0.15) is 0 Å². The molecule has 5 N–H and O–H groups in total. The van der Waals surface area contributed by atoms with E-state index in [-0.39, 0.29) is 54.2 Å². The first kappa shape index (κ1) is 26.9. The van der Waals surface area contributed by atoms with Gasteiger partial charge in [-0.1, -0.05) is 6.07 Å². The number of primary sulfonamides is 1. The minimum atomic E-state index is -3.84. The number of carbonyl (C=O) groups is 5. The number of rotatable bonds is 10. The number of fused-ring (bicyclic) bond motifs is 1. The number of nitrogens with one attached hydrogen (secondary N) is 3. The van der Waals surface area contributed by atoms with Gasteiger partial charge in [-0.25, -0.2) is 13.6 Å². The lowest BCUT2D eigenvalue weighted by Crippen LogP contribution is -2.54. The maximum atomic E-state index is 13.1. The zero-order chi connectivity index (χ0) is 27.4. The molecule has 13 nitrogen and oxygen atoms in total. The molecule has 4 rings (SSSR count). The molecule has 2 aliphatic heterocycles. The number of ether oxygens (including phenoxy) is 1. The van der Waals surface area contributed by atoms with Gasteiger partial charge in [0.25, 0.3) is 17.7 Å². The first-order valence-electron chi connectivity index (χ1n) is 11.6. The maximum absolute atomic E-state index is 13.1. The number of nitrogens with zero attached hydrogens (tertiary/aromatic N) is 1. The van der Waals surface area contributed by atoms with Crippen molar-refractivity contribution in [3.63, 3.8) is 0 Å². The second kappa shape index (κ2) is 11.1. The first-order chi connectivity index (χ1) is 18.1. The second-order valence-corrected chi connectivity index (χ2v) is 10.1. The standard InChI is InChI=1S/C24H25N5O8S/c25-38(35,36)15-6-4-14(5-7-15)21(31)27-11-13-37-12-10-26-17-3-1-2-16-20(17)24(34)29(23(16)33)18-8-9-19(30)28-22(18)32/h1-7,18,26H,8-13H2,(H,27,31)(H2,25,35,36)(H,28,30,32). The molecule has 2 aliphatic rings. The van der Waals surface area contributed by atoms with Crippen molar-refractivity contribution in [2.75, 3.05) is 31.6 Å². The third-order valence-corrected chi connectivity index (χ3v) is 6.94. The van der Waals surface area contributed by atoms with Crippen LogP contribution in [0.4, 0.5) is 5.69 Å². The minimum Gasteiger partial charge on any atom is -0.382 e. The highest BCUT2D eigenvalue weighted by atomic mass is 32.2.